The minimum absolute atomic E-state index is 0.182. The van der Waals surface area contributed by atoms with Crippen LogP contribution in [0.1, 0.15) is 27.4 Å². The lowest BCUT2D eigenvalue weighted by Crippen LogP contribution is -2.22. The zero-order chi connectivity index (χ0) is 19.2. The van der Waals surface area contributed by atoms with Gasteiger partial charge in [-0.05, 0) is 41.5 Å². The van der Waals surface area contributed by atoms with Crippen molar-refractivity contribution in [2.45, 2.75) is 18.1 Å². The fourth-order valence-electron chi connectivity index (χ4n) is 2.49. The zero-order valence-corrected chi connectivity index (χ0v) is 16.6. The van der Waals surface area contributed by atoms with Crippen molar-refractivity contribution in [2.24, 2.45) is 0 Å². The molecule has 1 atom stereocenters. The van der Waals surface area contributed by atoms with Crippen LogP contribution in [0.5, 0.6) is 0 Å². The number of halogens is 2. The second kappa shape index (κ2) is 9.22. The highest BCUT2D eigenvalue weighted by Crippen LogP contribution is 2.19. The van der Waals surface area contributed by atoms with Crippen LogP contribution in [0.4, 0.5) is 0 Å². The van der Waals surface area contributed by atoms with Crippen LogP contribution in [0.3, 0.4) is 0 Å². The van der Waals surface area contributed by atoms with Crippen LogP contribution in [0.2, 0.25) is 10.0 Å². The van der Waals surface area contributed by atoms with Gasteiger partial charge in [0.15, 0.2) is 5.76 Å². The van der Waals surface area contributed by atoms with Gasteiger partial charge in [0.05, 0.1) is 11.5 Å². The lowest BCUT2D eigenvalue weighted by atomic mass is 10.2. The van der Waals surface area contributed by atoms with Gasteiger partial charge in [0.25, 0.3) is 5.91 Å². The Hall–Kier alpha value is -2.08. The Kier molecular flexibility index (Phi) is 6.72. The van der Waals surface area contributed by atoms with Crippen LogP contribution in [0.15, 0.2) is 65.1 Å². The average molecular weight is 422 g/mol. The first kappa shape index (κ1) is 19.7. The number of furan rings is 1. The van der Waals surface area contributed by atoms with Gasteiger partial charge in [0.2, 0.25) is 0 Å². The average Bonchev–Trinajstić information content (AvgIpc) is 3.10. The van der Waals surface area contributed by atoms with E-state index in [1.807, 2.05) is 30.3 Å². The summed E-state index contributed by atoms with van der Waals surface area (Å²) >= 11 is 12.0. The summed E-state index contributed by atoms with van der Waals surface area (Å²) in [5.41, 5.74) is 1.71. The highest BCUT2D eigenvalue weighted by Gasteiger charge is 2.13. The maximum absolute atomic E-state index is 12.3. The second-order valence-electron chi connectivity index (χ2n) is 5.90. The molecule has 0 aliphatic rings. The normalized spacial score (nSPS) is 11.9. The molecule has 0 aliphatic heterocycles. The minimum Gasteiger partial charge on any atom is -0.455 e. The molecule has 27 heavy (non-hydrogen) atoms. The van der Waals surface area contributed by atoms with Crippen molar-refractivity contribution in [3.05, 3.63) is 93.4 Å². The van der Waals surface area contributed by atoms with Crippen LogP contribution >= 0.6 is 23.2 Å². The molecule has 0 unspecified atom stereocenters. The van der Waals surface area contributed by atoms with Crippen LogP contribution in [0, 0.1) is 0 Å². The van der Waals surface area contributed by atoms with E-state index in [2.05, 4.69) is 5.32 Å². The maximum atomic E-state index is 12.3. The van der Waals surface area contributed by atoms with E-state index < -0.39 is 10.8 Å². The first-order valence-electron chi connectivity index (χ1n) is 8.21. The largest absolute Gasteiger partial charge is 0.455 e. The number of hydrogen-bond donors (Lipinski definition) is 1. The first-order valence-corrected chi connectivity index (χ1v) is 10.5. The molecule has 140 valence electrons. The van der Waals surface area contributed by atoms with Crippen molar-refractivity contribution in [1.29, 1.82) is 0 Å². The molecule has 0 saturated carbocycles. The molecule has 0 spiro atoms. The van der Waals surface area contributed by atoms with Gasteiger partial charge in [-0.25, -0.2) is 0 Å². The highest BCUT2D eigenvalue weighted by molar-refractivity contribution is 7.83. The molecular weight excluding hydrogens is 405 g/mol. The molecule has 0 saturated heterocycles. The molecule has 0 radical (unpaired) electrons. The topological polar surface area (TPSA) is 59.3 Å². The van der Waals surface area contributed by atoms with E-state index in [-0.39, 0.29) is 17.4 Å². The smallest absolute Gasteiger partial charge is 0.287 e. The molecular formula is C20H17Cl2NO3S. The summed E-state index contributed by atoms with van der Waals surface area (Å²) in [7, 11) is -1.19. The van der Waals surface area contributed by atoms with E-state index in [0.717, 1.165) is 11.1 Å². The fourth-order valence-corrected chi connectivity index (χ4v) is 4.16. The number of nitrogens with one attached hydrogen (secondary N) is 1. The summed E-state index contributed by atoms with van der Waals surface area (Å²) in [6.45, 7) is 0.341. The van der Waals surface area contributed by atoms with Crippen LogP contribution in [-0.2, 0) is 28.9 Å². The Bertz CT molecular complexity index is 971. The quantitative estimate of drug-likeness (QED) is 0.585. The number of carbonyl (C=O) groups excluding carboxylic acids is 1. The highest BCUT2D eigenvalue weighted by atomic mass is 35.5. The molecule has 1 amide bonds. The van der Waals surface area contributed by atoms with E-state index >= 15 is 0 Å². The Balaban J connectivity index is 1.55. The molecule has 4 nitrogen and oxygen atoms in total. The summed E-state index contributed by atoms with van der Waals surface area (Å²) < 4.78 is 17.9. The van der Waals surface area contributed by atoms with Crippen molar-refractivity contribution < 1.29 is 13.4 Å². The van der Waals surface area contributed by atoms with E-state index in [9.17, 15) is 9.00 Å². The number of benzene rings is 2. The van der Waals surface area contributed by atoms with Gasteiger partial charge in [-0.1, -0.05) is 53.5 Å². The van der Waals surface area contributed by atoms with Crippen molar-refractivity contribution in [2.75, 3.05) is 0 Å². The van der Waals surface area contributed by atoms with E-state index in [1.165, 1.54) is 0 Å². The van der Waals surface area contributed by atoms with Gasteiger partial charge in [-0.2, -0.15) is 0 Å². The Morgan fingerprint density at radius 2 is 1.81 bits per heavy atom. The van der Waals surface area contributed by atoms with Crippen LogP contribution in [0.25, 0.3) is 0 Å². The lowest BCUT2D eigenvalue weighted by Gasteiger charge is -2.04. The van der Waals surface area contributed by atoms with Gasteiger partial charge < -0.3 is 9.73 Å². The van der Waals surface area contributed by atoms with Crippen LogP contribution < -0.4 is 5.32 Å². The van der Waals surface area contributed by atoms with Gasteiger partial charge in [-0.3, -0.25) is 9.00 Å². The monoisotopic (exact) mass is 421 g/mol. The number of carbonyl (C=O) groups is 1. The van der Waals surface area contributed by atoms with Gasteiger partial charge >= 0.3 is 0 Å². The second-order valence-corrected chi connectivity index (χ2v) is 8.20. The van der Waals surface area contributed by atoms with Gasteiger partial charge in [-0.15, -0.1) is 0 Å². The molecule has 1 N–H and O–H groups in total. The van der Waals surface area contributed by atoms with Gasteiger partial charge in [0, 0.05) is 27.4 Å². The maximum Gasteiger partial charge on any atom is 0.287 e. The molecule has 0 aliphatic carbocycles. The molecule has 3 aromatic rings. The van der Waals surface area contributed by atoms with E-state index in [1.54, 1.807) is 30.3 Å². The number of amides is 1. The summed E-state index contributed by atoms with van der Waals surface area (Å²) in [4.78, 5) is 12.2. The van der Waals surface area contributed by atoms with Crippen molar-refractivity contribution >= 4 is 39.9 Å². The summed E-state index contributed by atoms with van der Waals surface area (Å²) in [6.07, 6.45) is 0. The molecule has 2 aromatic carbocycles. The molecule has 1 heterocycles. The fraction of sp³-hybridized carbons (Fsp3) is 0.150. The molecule has 1 aromatic heterocycles. The third-order valence-electron chi connectivity index (χ3n) is 3.81. The Morgan fingerprint density at radius 1 is 1.00 bits per heavy atom. The van der Waals surface area contributed by atoms with E-state index in [4.69, 9.17) is 27.6 Å². The molecule has 7 heteroatoms. The molecule has 0 fully saturated rings. The third kappa shape index (κ3) is 5.70. The predicted molar refractivity (Wildman–Crippen MR) is 108 cm³/mol. The first-order chi connectivity index (χ1) is 13.0. The van der Waals surface area contributed by atoms with Gasteiger partial charge in [0.1, 0.15) is 5.76 Å². The minimum atomic E-state index is -1.19. The van der Waals surface area contributed by atoms with Crippen molar-refractivity contribution in [3.63, 3.8) is 0 Å². The summed E-state index contributed by atoms with van der Waals surface area (Å²) in [5.74, 6) is 0.886. The Morgan fingerprint density at radius 3 is 2.59 bits per heavy atom. The van der Waals surface area contributed by atoms with Crippen molar-refractivity contribution in [3.8, 4) is 0 Å². The Labute approximate surface area is 169 Å². The summed E-state index contributed by atoms with van der Waals surface area (Å²) in [5, 5.41) is 3.97. The third-order valence-corrected chi connectivity index (χ3v) is 5.65. The van der Waals surface area contributed by atoms with Crippen molar-refractivity contribution in [1.82, 2.24) is 5.32 Å². The SMILES string of the molecule is O=C(NCc1cccc(Cl)c1)c1ccc(C[S@@](=O)Cc2ccccc2Cl)o1. The standard InChI is InChI=1S/C20H17Cl2NO3S/c21-16-6-3-4-14(10-16)11-23-20(24)19-9-8-17(26-19)13-27(25)12-15-5-1-2-7-18(15)22/h1-10H,11-13H2,(H,23,24)/t27-/m0/s1. The molecule has 3 rings (SSSR count). The zero-order valence-electron chi connectivity index (χ0n) is 14.3. The van der Waals surface area contributed by atoms with Crippen LogP contribution in [-0.4, -0.2) is 10.1 Å². The lowest BCUT2D eigenvalue weighted by molar-refractivity contribution is 0.0921. The predicted octanol–water partition coefficient (Wildman–Crippen LogP) is 4.97. The molecule has 0 bridgehead atoms. The number of rotatable bonds is 7. The number of hydrogen-bond acceptors (Lipinski definition) is 3. The van der Waals surface area contributed by atoms with E-state index in [0.29, 0.717) is 28.1 Å². The summed E-state index contributed by atoms with van der Waals surface area (Å²) in [6, 6.07) is 17.8.